The molecule has 0 saturated carbocycles. The first-order valence-electron chi connectivity index (χ1n) is 6.91. The molecule has 0 bridgehead atoms. The van der Waals surface area contributed by atoms with E-state index in [-0.39, 0.29) is 12.6 Å². The highest BCUT2D eigenvalue weighted by molar-refractivity contribution is 6.31. The molecule has 0 radical (unpaired) electrons. The third-order valence-electron chi connectivity index (χ3n) is 3.36. The second-order valence-corrected chi connectivity index (χ2v) is 5.43. The van der Waals surface area contributed by atoms with E-state index in [1.165, 1.54) is 0 Å². The van der Waals surface area contributed by atoms with Crippen molar-refractivity contribution in [3.63, 3.8) is 0 Å². The van der Waals surface area contributed by atoms with E-state index in [4.69, 9.17) is 11.6 Å². The van der Waals surface area contributed by atoms with Crippen LogP contribution in [0.2, 0.25) is 5.02 Å². The maximum Gasteiger partial charge on any atom is 0.279 e. The average Bonchev–Trinajstić information content (AvgIpc) is 2.53. The van der Waals surface area contributed by atoms with Crippen molar-refractivity contribution in [2.75, 3.05) is 11.9 Å². The summed E-state index contributed by atoms with van der Waals surface area (Å²) in [5, 5.41) is 4.50. The molecule has 2 aromatic rings. The Balaban J connectivity index is 1.96. The van der Waals surface area contributed by atoms with E-state index in [0.717, 1.165) is 17.7 Å². The zero-order valence-electron chi connectivity index (χ0n) is 12.2. The largest absolute Gasteiger partial charge is 0.332 e. The van der Waals surface area contributed by atoms with Gasteiger partial charge >= 0.3 is 0 Å². The number of carbonyl (C=O) groups excluding carboxylic acids is 1. The minimum absolute atomic E-state index is 0.0230. The van der Waals surface area contributed by atoms with Crippen molar-refractivity contribution in [2.45, 2.75) is 13.0 Å². The maximum absolute atomic E-state index is 13.5. The van der Waals surface area contributed by atoms with Crippen molar-refractivity contribution in [1.29, 1.82) is 0 Å². The fourth-order valence-electron chi connectivity index (χ4n) is 2.08. The third-order valence-corrected chi connectivity index (χ3v) is 3.71. The smallest absolute Gasteiger partial charge is 0.279 e. The van der Waals surface area contributed by atoms with E-state index in [1.807, 2.05) is 19.1 Å². The Hall–Kier alpha value is -2.05. The van der Waals surface area contributed by atoms with Crippen LogP contribution in [0.3, 0.4) is 0 Å². The number of anilines is 1. The van der Waals surface area contributed by atoms with Gasteiger partial charge < -0.3 is 10.6 Å². The summed E-state index contributed by atoms with van der Waals surface area (Å²) in [4.78, 5) is 11.8. The predicted octanol–water partition coefficient (Wildman–Crippen LogP) is 3.02. The monoisotopic (exact) mass is 343 g/mol. The molecule has 0 saturated heterocycles. The lowest BCUT2D eigenvalue weighted by Gasteiger charge is -2.13. The van der Waals surface area contributed by atoms with Crippen molar-refractivity contribution < 1.29 is 23.3 Å². The van der Waals surface area contributed by atoms with Gasteiger partial charge in [-0.25, -0.2) is 13.2 Å². The van der Waals surface area contributed by atoms with Gasteiger partial charge in [0.2, 0.25) is 0 Å². The normalized spacial score (nSPS) is 12.0. The van der Waals surface area contributed by atoms with E-state index in [2.05, 4.69) is 5.32 Å². The van der Waals surface area contributed by atoms with Crippen LogP contribution in [0.25, 0.3) is 0 Å². The van der Waals surface area contributed by atoms with Gasteiger partial charge in [-0.15, -0.1) is 0 Å². The molecular weight excluding hydrogens is 329 g/mol. The van der Waals surface area contributed by atoms with Crippen LogP contribution in [0.15, 0.2) is 36.4 Å². The molecule has 0 unspecified atom stereocenters. The lowest BCUT2D eigenvalue weighted by atomic mass is 10.1. The van der Waals surface area contributed by atoms with Crippen LogP contribution in [0.5, 0.6) is 0 Å². The SMILES string of the molecule is C[C@H]([NH2+]CC(=O)Nc1ccc(F)c(F)c1F)c1ccccc1Cl. The first-order valence-corrected chi connectivity index (χ1v) is 7.29. The van der Waals surface area contributed by atoms with Crippen LogP contribution in [0.4, 0.5) is 18.9 Å². The summed E-state index contributed by atoms with van der Waals surface area (Å²) in [5.74, 6) is -4.87. The highest BCUT2D eigenvalue weighted by atomic mass is 35.5. The van der Waals surface area contributed by atoms with E-state index in [9.17, 15) is 18.0 Å². The molecule has 0 aromatic heterocycles. The zero-order chi connectivity index (χ0) is 17.0. The van der Waals surface area contributed by atoms with E-state index in [1.54, 1.807) is 17.4 Å². The molecule has 122 valence electrons. The van der Waals surface area contributed by atoms with Crippen molar-refractivity contribution >= 4 is 23.2 Å². The Morgan fingerprint density at radius 1 is 1.17 bits per heavy atom. The fraction of sp³-hybridized carbons (Fsp3) is 0.188. The Labute approximate surface area is 136 Å². The third kappa shape index (κ3) is 4.24. The summed E-state index contributed by atoms with van der Waals surface area (Å²) >= 11 is 6.07. The molecule has 7 heteroatoms. The molecular formula is C16H15ClF3N2O+. The van der Waals surface area contributed by atoms with Crippen molar-refractivity contribution in [1.82, 2.24) is 0 Å². The van der Waals surface area contributed by atoms with Crippen LogP contribution in [-0.4, -0.2) is 12.5 Å². The highest BCUT2D eigenvalue weighted by Gasteiger charge is 2.17. The van der Waals surface area contributed by atoms with Gasteiger partial charge in [0.15, 0.2) is 24.0 Å². The number of hydrogen-bond donors (Lipinski definition) is 2. The molecule has 0 spiro atoms. The van der Waals surface area contributed by atoms with Gasteiger partial charge in [-0.3, -0.25) is 4.79 Å². The van der Waals surface area contributed by atoms with Gasteiger partial charge in [0.1, 0.15) is 6.04 Å². The summed E-state index contributed by atoms with van der Waals surface area (Å²) in [6, 6.07) is 8.87. The summed E-state index contributed by atoms with van der Waals surface area (Å²) < 4.78 is 39.4. The number of rotatable bonds is 5. The van der Waals surface area contributed by atoms with Crippen LogP contribution in [-0.2, 0) is 4.79 Å². The number of quaternary nitrogens is 1. The first kappa shape index (κ1) is 17.3. The summed E-state index contributed by atoms with van der Waals surface area (Å²) in [6.45, 7) is 1.84. The number of nitrogens with one attached hydrogen (secondary N) is 1. The molecule has 3 nitrogen and oxygen atoms in total. The molecule has 3 N–H and O–H groups in total. The molecule has 2 aromatic carbocycles. The first-order chi connectivity index (χ1) is 10.9. The van der Waals surface area contributed by atoms with Gasteiger partial charge in [-0.05, 0) is 25.1 Å². The molecule has 0 aliphatic carbocycles. The number of amides is 1. The number of hydrogen-bond acceptors (Lipinski definition) is 1. The van der Waals surface area contributed by atoms with Crippen LogP contribution in [0, 0.1) is 17.5 Å². The fourth-order valence-corrected chi connectivity index (χ4v) is 2.39. The second kappa shape index (κ2) is 7.48. The molecule has 1 amide bonds. The van der Waals surface area contributed by atoms with E-state index in [0.29, 0.717) is 5.02 Å². The zero-order valence-corrected chi connectivity index (χ0v) is 13.0. The lowest BCUT2D eigenvalue weighted by molar-refractivity contribution is -0.682. The second-order valence-electron chi connectivity index (χ2n) is 5.02. The Morgan fingerprint density at radius 2 is 1.87 bits per heavy atom. The van der Waals surface area contributed by atoms with Crippen molar-refractivity contribution in [2.24, 2.45) is 0 Å². The van der Waals surface area contributed by atoms with Crippen molar-refractivity contribution in [3.8, 4) is 0 Å². The Kier molecular flexibility index (Phi) is 5.63. The van der Waals surface area contributed by atoms with Gasteiger partial charge in [0.05, 0.1) is 5.69 Å². The van der Waals surface area contributed by atoms with E-state index >= 15 is 0 Å². The minimum atomic E-state index is -1.61. The van der Waals surface area contributed by atoms with Gasteiger partial charge in [-0.1, -0.05) is 29.8 Å². The lowest BCUT2D eigenvalue weighted by Crippen LogP contribution is -2.86. The number of nitrogens with two attached hydrogens (primary N) is 1. The maximum atomic E-state index is 13.5. The molecule has 0 aliphatic rings. The highest BCUT2D eigenvalue weighted by Crippen LogP contribution is 2.20. The Bertz CT molecular complexity index is 724. The molecule has 23 heavy (non-hydrogen) atoms. The minimum Gasteiger partial charge on any atom is -0.332 e. The van der Waals surface area contributed by atoms with Crippen LogP contribution < -0.4 is 10.6 Å². The molecule has 0 heterocycles. The predicted molar refractivity (Wildman–Crippen MR) is 81.6 cm³/mol. The summed E-state index contributed by atoms with van der Waals surface area (Å²) in [6.07, 6.45) is 0. The molecule has 0 aliphatic heterocycles. The average molecular weight is 344 g/mol. The summed E-state index contributed by atoms with van der Waals surface area (Å²) in [5.41, 5.74) is 0.466. The molecule has 2 rings (SSSR count). The van der Waals surface area contributed by atoms with Gasteiger partial charge in [0.25, 0.3) is 5.91 Å². The van der Waals surface area contributed by atoms with Crippen LogP contribution in [0.1, 0.15) is 18.5 Å². The topological polar surface area (TPSA) is 45.7 Å². The summed E-state index contributed by atoms with van der Waals surface area (Å²) in [7, 11) is 0. The van der Waals surface area contributed by atoms with Crippen LogP contribution >= 0.6 is 11.6 Å². The molecule has 0 fully saturated rings. The quantitative estimate of drug-likeness (QED) is 0.805. The van der Waals surface area contributed by atoms with E-state index < -0.39 is 29.0 Å². The Morgan fingerprint density at radius 3 is 2.57 bits per heavy atom. The number of benzene rings is 2. The van der Waals surface area contributed by atoms with Gasteiger partial charge in [0, 0.05) is 10.6 Å². The number of carbonyl (C=O) groups is 1. The molecule has 1 atom stereocenters. The van der Waals surface area contributed by atoms with Gasteiger partial charge in [-0.2, -0.15) is 0 Å². The van der Waals surface area contributed by atoms with Crippen molar-refractivity contribution in [3.05, 3.63) is 64.4 Å². The number of halogens is 4. The standard InChI is InChI=1S/C16H14ClF3N2O/c1-9(10-4-2-3-5-11(10)17)21-8-14(23)22-13-7-6-12(18)15(19)16(13)20/h2-7,9,21H,8H2,1H3,(H,22,23)/p+1/t9-/m0/s1.